The van der Waals surface area contributed by atoms with Gasteiger partial charge in [0.1, 0.15) is 12.4 Å². The van der Waals surface area contributed by atoms with Gasteiger partial charge in [0, 0.05) is 29.1 Å². The van der Waals surface area contributed by atoms with E-state index in [1.165, 1.54) is 4.68 Å². The molecule has 26 heavy (non-hydrogen) atoms. The van der Waals surface area contributed by atoms with E-state index in [4.69, 9.17) is 0 Å². The highest BCUT2D eigenvalue weighted by Crippen LogP contribution is 2.31. The van der Waals surface area contributed by atoms with Gasteiger partial charge in [-0.15, -0.1) is 11.3 Å². The van der Waals surface area contributed by atoms with Gasteiger partial charge in [0.15, 0.2) is 0 Å². The van der Waals surface area contributed by atoms with Crippen LogP contribution in [-0.2, 0) is 24.3 Å². The van der Waals surface area contributed by atoms with Crippen LogP contribution >= 0.6 is 11.3 Å². The average Bonchev–Trinajstić information content (AvgIpc) is 3.19. The lowest BCUT2D eigenvalue weighted by molar-refractivity contribution is -0.117. The minimum Gasteiger partial charge on any atom is -0.324 e. The van der Waals surface area contributed by atoms with Crippen molar-refractivity contribution in [2.24, 2.45) is 0 Å². The molecule has 0 unspecified atom stereocenters. The number of para-hydroxylation sites is 1. The van der Waals surface area contributed by atoms with Crippen LogP contribution in [0.15, 0.2) is 46.6 Å². The Bertz CT molecular complexity index is 972. The zero-order valence-electron chi connectivity index (χ0n) is 14.4. The van der Waals surface area contributed by atoms with Crippen LogP contribution in [0.4, 0.5) is 5.69 Å². The molecule has 0 aliphatic carbocycles. The van der Waals surface area contributed by atoms with Crippen LogP contribution in [0.25, 0.3) is 10.4 Å². The van der Waals surface area contributed by atoms with E-state index in [0.717, 1.165) is 47.6 Å². The van der Waals surface area contributed by atoms with Crippen molar-refractivity contribution >= 4 is 22.9 Å². The third-order valence-corrected chi connectivity index (χ3v) is 5.47. The minimum atomic E-state index is -0.246. The normalized spacial score (nSPS) is 13.8. The zero-order valence-corrected chi connectivity index (χ0v) is 15.2. The van der Waals surface area contributed by atoms with Gasteiger partial charge in [0.2, 0.25) is 5.91 Å². The maximum atomic E-state index is 12.5. The van der Waals surface area contributed by atoms with Crippen LogP contribution in [0.5, 0.6) is 0 Å². The number of hydrogen-bond acceptors (Lipinski definition) is 4. The molecular weight excluding hydrogens is 348 g/mol. The molecule has 1 aliphatic heterocycles. The fourth-order valence-electron chi connectivity index (χ4n) is 3.29. The van der Waals surface area contributed by atoms with Crippen LogP contribution in [-0.4, -0.2) is 20.3 Å². The SMILES string of the molecule is O=C(Cn1nc2n(c1=O)CCCCC2)Nc1ccccc1-c1cccs1. The Hall–Kier alpha value is -2.67. The second-order valence-electron chi connectivity index (χ2n) is 6.39. The van der Waals surface area contributed by atoms with Crippen LogP contribution in [0.3, 0.4) is 0 Å². The lowest BCUT2D eigenvalue weighted by Gasteiger charge is -2.09. The molecule has 3 heterocycles. The number of nitrogens with one attached hydrogen (secondary N) is 1. The lowest BCUT2D eigenvalue weighted by Crippen LogP contribution is -2.30. The van der Waals surface area contributed by atoms with Gasteiger partial charge in [0.05, 0.1) is 0 Å². The highest BCUT2D eigenvalue weighted by molar-refractivity contribution is 7.13. The van der Waals surface area contributed by atoms with Crippen molar-refractivity contribution < 1.29 is 4.79 Å². The third-order valence-electron chi connectivity index (χ3n) is 4.56. The summed E-state index contributed by atoms with van der Waals surface area (Å²) in [5, 5.41) is 9.30. The number of nitrogens with zero attached hydrogens (tertiary/aromatic N) is 3. The fourth-order valence-corrected chi connectivity index (χ4v) is 4.06. The molecule has 2 aromatic heterocycles. The summed E-state index contributed by atoms with van der Waals surface area (Å²) in [7, 11) is 0. The van der Waals surface area contributed by atoms with Gasteiger partial charge in [-0.1, -0.05) is 30.7 Å². The summed E-state index contributed by atoms with van der Waals surface area (Å²) in [6.07, 6.45) is 3.93. The molecule has 0 atom stereocenters. The maximum Gasteiger partial charge on any atom is 0.346 e. The predicted molar refractivity (Wildman–Crippen MR) is 102 cm³/mol. The van der Waals surface area contributed by atoms with Crippen molar-refractivity contribution in [2.75, 3.05) is 5.32 Å². The Balaban J connectivity index is 1.53. The Labute approximate surface area is 155 Å². The number of carbonyl (C=O) groups excluding carboxylic acids is 1. The summed E-state index contributed by atoms with van der Waals surface area (Å²) in [4.78, 5) is 26.1. The largest absolute Gasteiger partial charge is 0.346 e. The molecule has 0 fully saturated rings. The number of benzene rings is 1. The van der Waals surface area contributed by atoms with E-state index >= 15 is 0 Å². The topological polar surface area (TPSA) is 68.9 Å². The van der Waals surface area contributed by atoms with Gasteiger partial charge in [-0.05, 0) is 30.4 Å². The minimum absolute atomic E-state index is 0.0718. The number of hydrogen-bond donors (Lipinski definition) is 1. The molecule has 0 spiro atoms. The Kier molecular flexibility index (Phi) is 4.71. The molecule has 6 nitrogen and oxygen atoms in total. The quantitative estimate of drug-likeness (QED) is 0.769. The first kappa shape index (κ1) is 16.8. The first-order chi connectivity index (χ1) is 12.7. The van der Waals surface area contributed by atoms with E-state index in [2.05, 4.69) is 10.4 Å². The van der Waals surface area contributed by atoms with Gasteiger partial charge in [-0.3, -0.25) is 9.36 Å². The molecule has 1 aromatic carbocycles. The van der Waals surface area contributed by atoms with E-state index < -0.39 is 0 Å². The zero-order chi connectivity index (χ0) is 17.9. The number of anilines is 1. The van der Waals surface area contributed by atoms with E-state index in [-0.39, 0.29) is 18.1 Å². The van der Waals surface area contributed by atoms with Crippen molar-refractivity contribution in [2.45, 2.75) is 38.8 Å². The first-order valence-corrected chi connectivity index (χ1v) is 9.69. The molecule has 0 saturated carbocycles. The molecule has 134 valence electrons. The van der Waals surface area contributed by atoms with Gasteiger partial charge in [-0.2, -0.15) is 5.10 Å². The number of rotatable bonds is 4. The maximum absolute atomic E-state index is 12.5. The Morgan fingerprint density at radius 1 is 1.15 bits per heavy atom. The molecule has 0 radical (unpaired) electrons. The molecule has 4 rings (SSSR count). The highest BCUT2D eigenvalue weighted by Gasteiger charge is 2.18. The Morgan fingerprint density at radius 3 is 2.88 bits per heavy atom. The fraction of sp³-hybridized carbons (Fsp3) is 0.316. The number of aromatic nitrogens is 3. The van der Waals surface area contributed by atoms with Crippen molar-refractivity contribution in [3.63, 3.8) is 0 Å². The van der Waals surface area contributed by atoms with Crippen LogP contribution < -0.4 is 11.0 Å². The molecule has 3 aromatic rings. The third kappa shape index (κ3) is 3.35. The van der Waals surface area contributed by atoms with Gasteiger partial charge in [-0.25, -0.2) is 9.48 Å². The van der Waals surface area contributed by atoms with Crippen LogP contribution in [0, 0.1) is 0 Å². The molecule has 0 saturated heterocycles. The molecule has 1 N–H and O–H groups in total. The molecule has 7 heteroatoms. The predicted octanol–water partition coefficient (Wildman–Crippen LogP) is 3.14. The van der Waals surface area contributed by atoms with Crippen molar-refractivity contribution in [1.29, 1.82) is 0 Å². The summed E-state index contributed by atoms with van der Waals surface area (Å²) in [5.41, 5.74) is 1.53. The number of carbonyl (C=O) groups is 1. The summed E-state index contributed by atoms with van der Waals surface area (Å²) in [6.45, 7) is 0.620. The molecular formula is C19H20N4O2S. The average molecular weight is 368 g/mol. The standard InChI is InChI=1S/C19H20N4O2S/c24-18(13-23-19(25)22-11-5-1-2-10-17(22)21-23)20-15-8-4-3-7-14(15)16-9-6-12-26-16/h3-4,6-9,12H,1-2,5,10-11,13H2,(H,20,24). The van der Waals surface area contributed by atoms with Crippen molar-refractivity contribution in [3.05, 3.63) is 58.1 Å². The number of fused-ring (bicyclic) bond motifs is 1. The summed E-state index contributed by atoms with van der Waals surface area (Å²) in [6, 6.07) is 11.7. The second-order valence-corrected chi connectivity index (χ2v) is 7.34. The molecule has 0 bridgehead atoms. The first-order valence-electron chi connectivity index (χ1n) is 8.81. The summed E-state index contributed by atoms with van der Waals surface area (Å²) in [5.74, 6) is 0.545. The monoisotopic (exact) mass is 368 g/mol. The summed E-state index contributed by atoms with van der Waals surface area (Å²) >= 11 is 1.62. The molecule has 1 amide bonds. The van der Waals surface area contributed by atoms with Crippen molar-refractivity contribution in [3.8, 4) is 10.4 Å². The van der Waals surface area contributed by atoms with E-state index in [9.17, 15) is 9.59 Å². The number of thiophene rings is 1. The summed E-state index contributed by atoms with van der Waals surface area (Å²) < 4.78 is 2.99. The van der Waals surface area contributed by atoms with Crippen molar-refractivity contribution in [1.82, 2.24) is 14.3 Å². The van der Waals surface area contributed by atoms with Crippen LogP contribution in [0.1, 0.15) is 25.1 Å². The van der Waals surface area contributed by atoms with Gasteiger partial charge < -0.3 is 5.32 Å². The van der Waals surface area contributed by atoms with E-state index in [0.29, 0.717) is 6.54 Å². The number of aryl methyl sites for hydroxylation is 1. The van der Waals surface area contributed by atoms with Crippen LogP contribution in [0.2, 0.25) is 0 Å². The Morgan fingerprint density at radius 2 is 2.04 bits per heavy atom. The van der Waals surface area contributed by atoms with Gasteiger partial charge in [0.25, 0.3) is 0 Å². The molecule has 1 aliphatic rings. The lowest BCUT2D eigenvalue weighted by atomic mass is 10.1. The van der Waals surface area contributed by atoms with E-state index in [1.807, 2.05) is 41.8 Å². The van der Waals surface area contributed by atoms with E-state index in [1.54, 1.807) is 15.9 Å². The van der Waals surface area contributed by atoms with Gasteiger partial charge >= 0.3 is 5.69 Å². The second kappa shape index (κ2) is 7.29. The highest BCUT2D eigenvalue weighted by atomic mass is 32.1. The smallest absolute Gasteiger partial charge is 0.324 e. The number of amides is 1.